The number of hydrogen-bond donors (Lipinski definition) is 0. The first kappa shape index (κ1) is 24.4. The van der Waals surface area contributed by atoms with Crippen molar-refractivity contribution in [1.29, 1.82) is 0 Å². The van der Waals surface area contributed by atoms with Gasteiger partial charge >= 0.3 is 5.97 Å². The minimum Gasteiger partial charge on any atom is -0.465 e. The molecule has 1 aliphatic heterocycles. The molecule has 0 atom stereocenters. The van der Waals surface area contributed by atoms with Crippen LogP contribution in [0.15, 0.2) is 53.7 Å². The van der Waals surface area contributed by atoms with E-state index in [2.05, 4.69) is 30.1 Å². The number of anilines is 1. The molecule has 11 heteroatoms. The average Bonchev–Trinajstić information content (AvgIpc) is 3.27. The van der Waals surface area contributed by atoms with E-state index < -0.39 is 16.8 Å². The van der Waals surface area contributed by atoms with Crippen molar-refractivity contribution in [3.05, 3.63) is 64.2 Å². The summed E-state index contributed by atoms with van der Waals surface area (Å²) >= 11 is 1.21. The number of aromatic nitrogens is 3. The number of nitro groups is 1. The van der Waals surface area contributed by atoms with Crippen molar-refractivity contribution >= 4 is 35.0 Å². The molecular formula is C24H25N5O5S. The summed E-state index contributed by atoms with van der Waals surface area (Å²) in [5, 5.41) is 20.6. The standard InChI is InChI=1S/C24H25N5O5S/c1-4-34-21(31)14-27(17-9-7-10-18(12-17)29(32)33)20(30)15-35-23-26-25-22-19-11-6-5-8-16(19)13-24(2,3)28(22)23/h5-12H,4,13-15H2,1-3H3. The highest BCUT2D eigenvalue weighted by Gasteiger charge is 2.34. The topological polar surface area (TPSA) is 120 Å². The van der Waals surface area contributed by atoms with Crippen molar-refractivity contribution in [2.45, 2.75) is 37.9 Å². The second-order valence-electron chi connectivity index (χ2n) is 8.64. The molecule has 0 aliphatic carbocycles. The van der Waals surface area contributed by atoms with E-state index in [0.717, 1.165) is 17.8 Å². The second kappa shape index (κ2) is 9.87. The van der Waals surface area contributed by atoms with E-state index in [1.54, 1.807) is 13.0 Å². The van der Waals surface area contributed by atoms with Gasteiger partial charge in [-0.1, -0.05) is 42.1 Å². The summed E-state index contributed by atoms with van der Waals surface area (Å²) in [4.78, 5) is 37.3. The Morgan fingerprint density at radius 2 is 1.97 bits per heavy atom. The fraction of sp³-hybridized carbons (Fsp3) is 0.333. The molecule has 35 heavy (non-hydrogen) atoms. The van der Waals surface area contributed by atoms with Crippen LogP contribution in [0.4, 0.5) is 11.4 Å². The molecule has 3 aromatic rings. The van der Waals surface area contributed by atoms with E-state index in [1.807, 2.05) is 22.8 Å². The number of carbonyl (C=O) groups excluding carboxylic acids is 2. The van der Waals surface area contributed by atoms with Crippen LogP contribution in [0.1, 0.15) is 26.3 Å². The van der Waals surface area contributed by atoms with Gasteiger partial charge in [0.05, 0.1) is 23.0 Å². The number of nitrogens with zero attached hydrogens (tertiary/aromatic N) is 5. The molecule has 2 heterocycles. The minimum atomic E-state index is -0.602. The predicted octanol–water partition coefficient (Wildman–Crippen LogP) is 3.83. The number of nitro benzene ring substituents is 1. The lowest BCUT2D eigenvalue weighted by Gasteiger charge is -2.34. The summed E-state index contributed by atoms with van der Waals surface area (Å²) in [6.45, 7) is 5.66. The van der Waals surface area contributed by atoms with Gasteiger partial charge in [-0.25, -0.2) is 0 Å². The van der Waals surface area contributed by atoms with Gasteiger partial charge in [0.15, 0.2) is 11.0 Å². The number of ether oxygens (including phenoxy) is 1. The van der Waals surface area contributed by atoms with Gasteiger partial charge in [0, 0.05) is 23.2 Å². The summed E-state index contributed by atoms with van der Waals surface area (Å²) in [5.74, 6) is -0.309. The molecule has 1 aromatic heterocycles. The molecule has 0 saturated heterocycles. The number of fused-ring (bicyclic) bond motifs is 3. The quantitative estimate of drug-likeness (QED) is 0.200. The van der Waals surface area contributed by atoms with Crippen molar-refractivity contribution in [2.24, 2.45) is 0 Å². The first-order valence-electron chi connectivity index (χ1n) is 11.1. The number of benzene rings is 2. The Kier molecular flexibility index (Phi) is 6.88. The number of thioether (sulfide) groups is 1. The summed E-state index contributed by atoms with van der Waals surface area (Å²) in [6.07, 6.45) is 0.790. The molecule has 0 unspecified atom stereocenters. The smallest absolute Gasteiger partial charge is 0.326 e. The summed E-state index contributed by atoms with van der Waals surface area (Å²) < 4.78 is 7.05. The molecule has 1 amide bonds. The third-order valence-corrected chi connectivity index (χ3v) is 6.60. The van der Waals surface area contributed by atoms with Crippen molar-refractivity contribution < 1.29 is 19.2 Å². The maximum atomic E-state index is 13.3. The maximum Gasteiger partial charge on any atom is 0.326 e. The fourth-order valence-corrected chi connectivity index (χ4v) is 5.13. The minimum absolute atomic E-state index is 0.0437. The van der Waals surface area contributed by atoms with Gasteiger partial charge < -0.3 is 9.64 Å². The highest BCUT2D eigenvalue weighted by molar-refractivity contribution is 7.99. The van der Waals surface area contributed by atoms with Gasteiger partial charge in [-0.2, -0.15) is 0 Å². The highest BCUT2D eigenvalue weighted by atomic mass is 32.2. The van der Waals surface area contributed by atoms with Crippen LogP contribution in [0.25, 0.3) is 11.4 Å². The zero-order valence-corrected chi connectivity index (χ0v) is 20.4. The Bertz CT molecular complexity index is 1290. The lowest BCUT2D eigenvalue weighted by Crippen LogP contribution is -2.38. The number of amides is 1. The Hall–Kier alpha value is -3.73. The van der Waals surface area contributed by atoms with E-state index in [4.69, 9.17) is 4.74 Å². The second-order valence-corrected chi connectivity index (χ2v) is 9.58. The molecule has 0 N–H and O–H groups in total. The predicted molar refractivity (Wildman–Crippen MR) is 131 cm³/mol. The number of rotatable bonds is 8. The van der Waals surface area contributed by atoms with E-state index in [-0.39, 0.29) is 35.8 Å². The molecule has 4 rings (SSSR count). The maximum absolute atomic E-state index is 13.3. The molecule has 0 spiro atoms. The van der Waals surface area contributed by atoms with Gasteiger partial charge in [0.25, 0.3) is 5.69 Å². The van der Waals surface area contributed by atoms with Gasteiger partial charge in [-0.15, -0.1) is 10.2 Å². The van der Waals surface area contributed by atoms with Crippen LogP contribution in [-0.4, -0.2) is 50.5 Å². The van der Waals surface area contributed by atoms with Crippen LogP contribution in [0.5, 0.6) is 0 Å². The Morgan fingerprint density at radius 1 is 1.20 bits per heavy atom. The molecule has 2 aromatic carbocycles. The Morgan fingerprint density at radius 3 is 2.71 bits per heavy atom. The lowest BCUT2D eigenvalue weighted by molar-refractivity contribution is -0.384. The molecule has 0 radical (unpaired) electrons. The number of carbonyl (C=O) groups is 2. The van der Waals surface area contributed by atoms with Crippen molar-refractivity contribution in [3.63, 3.8) is 0 Å². The van der Waals surface area contributed by atoms with Crippen molar-refractivity contribution in [3.8, 4) is 11.4 Å². The molecule has 0 bridgehead atoms. The summed E-state index contributed by atoms with van der Waals surface area (Å²) in [6, 6.07) is 13.7. The molecule has 0 fully saturated rings. The number of hydrogen-bond acceptors (Lipinski definition) is 8. The molecule has 0 saturated carbocycles. The van der Waals surface area contributed by atoms with Crippen LogP contribution in [0.2, 0.25) is 0 Å². The van der Waals surface area contributed by atoms with Crippen molar-refractivity contribution in [2.75, 3.05) is 23.8 Å². The van der Waals surface area contributed by atoms with Gasteiger partial charge in [-0.05, 0) is 38.8 Å². The normalized spacial score (nSPS) is 13.5. The Labute approximate surface area is 206 Å². The van der Waals surface area contributed by atoms with E-state index in [9.17, 15) is 19.7 Å². The highest BCUT2D eigenvalue weighted by Crippen LogP contribution is 2.39. The zero-order valence-electron chi connectivity index (χ0n) is 19.6. The molecule has 10 nitrogen and oxygen atoms in total. The SMILES string of the molecule is CCOC(=O)CN(C(=O)CSc1nnc2n1C(C)(C)Cc1ccccc1-2)c1cccc([N+](=O)[O-])c1. The first-order chi connectivity index (χ1) is 16.7. The van der Waals surface area contributed by atoms with E-state index >= 15 is 0 Å². The van der Waals surface area contributed by atoms with Gasteiger partial charge in [0.1, 0.15) is 6.54 Å². The fourth-order valence-electron chi connectivity index (χ4n) is 4.16. The first-order valence-corrected chi connectivity index (χ1v) is 12.1. The van der Waals surface area contributed by atoms with Gasteiger partial charge in [0.2, 0.25) is 5.91 Å². The molecule has 182 valence electrons. The number of esters is 1. The van der Waals surface area contributed by atoms with Crippen LogP contribution >= 0.6 is 11.8 Å². The monoisotopic (exact) mass is 495 g/mol. The molecular weight excluding hydrogens is 470 g/mol. The number of non-ortho nitro benzene ring substituents is 1. The lowest BCUT2D eigenvalue weighted by atomic mass is 9.87. The Balaban J connectivity index is 1.59. The van der Waals surface area contributed by atoms with Crippen LogP contribution in [0.3, 0.4) is 0 Å². The third-order valence-electron chi connectivity index (χ3n) is 5.69. The van der Waals surface area contributed by atoms with Gasteiger partial charge in [-0.3, -0.25) is 24.3 Å². The summed E-state index contributed by atoms with van der Waals surface area (Å²) in [5.41, 5.74) is 1.97. The zero-order chi connectivity index (χ0) is 25.2. The van der Waals surface area contributed by atoms with E-state index in [1.165, 1.54) is 40.4 Å². The van der Waals surface area contributed by atoms with Crippen molar-refractivity contribution in [1.82, 2.24) is 14.8 Å². The van der Waals surface area contributed by atoms with Crippen LogP contribution in [-0.2, 0) is 26.3 Å². The summed E-state index contributed by atoms with van der Waals surface area (Å²) in [7, 11) is 0. The third kappa shape index (κ3) is 5.04. The molecule has 1 aliphatic rings. The average molecular weight is 496 g/mol. The van der Waals surface area contributed by atoms with E-state index in [0.29, 0.717) is 5.16 Å². The van der Waals surface area contributed by atoms with Crippen LogP contribution < -0.4 is 4.90 Å². The van der Waals surface area contributed by atoms with Crippen LogP contribution in [0, 0.1) is 10.1 Å². The largest absolute Gasteiger partial charge is 0.465 e.